The van der Waals surface area contributed by atoms with E-state index in [0.29, 0.717) is 12.0 Å². The summed E-state index contributed by atoms with van der Waals surface area (Å²) >= 11 is 0. The minimum absolute atomic E-state index is 0.0724. The van der Waals surface area contributed by atoms with Crippen molar-refractivity contribution in [1.82, 2.24) is 15.1 Å². The molecule has 2 amide bonds. The fourth-order valence-electron chi connectivity index (χ4n) is 2.84. The highest BCUT2D eigenvalue weighted by Crippen LogP contribution is 2.28. The third kappa shape index (κ3) is 2.41. The average Bonchev–Trinajstić information content (AvgIpc) is 2.77. The summed E-state index contributed by atoms with van der Waals surface area (Å²) < 4.78 is 0. The van der Waals surface area contributed by atoms with Gasteiger partial charge in [0, 0.05) is 31.7 Å². The number of hydrogen-bond acceptors (Lipinski definition) is 3. The Balaban J connectivity index is 1.67. The Hall–Kier alpha value is -1.88. The number of amides is 2. The molecule has 5 heteroatoms. The molecule has 20 heavy (non-hydrogen) atoms. The molecule has 5 nitrogen and oxygen atoms in total. The zero-order chi connectivity index (χ0) is 14.1. The Morgan fingerprint density at radius 1 is 1.25 bits per heavy atom. The van der Waals surface area contributed by atoms with E-state index in [1.54, 1.807) is 0 Å². The first-order valence-corrected chi connectivity index (χ1v) is 7.01. The number of rotatable bonds is 2. The molecule has 2 aliphatic rings. The molecule has 1 fully saturated rings. The van der Waals surface area contributed by atoms with Crippen LogP contribution in [0.5, 0.6) is 0 Å². The molecular weight excluding hydrogens is 254 g/mol. The minimum atomic E-state index is -0.175. The van der Waals surface area contributed by atoms with Gasteiger partial charge in [-0.15, -0.1) is 0 Å². The molecule has 0 radical (unpaired) electrons. The van der Waals surface area contributed by atoms with Crippen LogP contribution in [0.1, 0.15) is 28.4 Å². The number of likely N-dealkylation sites (N-methyl/N-ethyl adjacent to an activating group) is 1. The van der Waals surface area contributed by atoms with Gasteiger partial charge in [0.25, 0.3) is 5.91 Å². The lowest BCUT2D eigenvalue weighted by molar-refractivity contribution is -0.133. The van der Waals surface area contributed by atoms with E-state index in [1.807, 2.05) is 29.2 Å². The maximum atomic E-state index is 12.3. The first-order valence-electron chi connectivity index (χ1n) is 7.01. The molecule has 1 unspecified atom stereocenters. The van der Waals surface area contributed by atoms with Crippen molar-refractivity contribution in [3.8, 4) is 0 Å². The highest BCUT2D eigenvalue weighted by molar-refractivity contribution is 5.99. The molecule has 0 bridgehead atoms. The van der Waals surface area contributed by atoms with Crippen molar-refractivity contribution in [1.29, 1.82) is 0 Å². The van der Waals surface area contributed by atoms with Gasteiger partial charge < -0.3 is 15.1 Å². The van der Waals surface area contributed by atoms with E-state index in [-0.39, 0.29) is 17.9 Å². The number of fused-ring (bicyclic) bond motifs is 1. The quantitative estimate of drug-likeness (QED) is 0.860. The fraction of sp³-hybridized carbons (Fsp3) is 0.467. The first kappa shape index (κ1) is 13.1. The van der Waals surface area contributed by atoms with Crippen molar-refractivity contribution in [2.24, 2.45) is 0 Å². The Morgan fingerprint density at radius 3 is 2.70 bits per heavy atom. The second kappa shape index (κ2) is 5.25. The van der Waals surface area contributed by atoms with E-state index < -0.39 is 0 Å². The van der Waals surface area contributed by atoms with E-state index in [9.17, 15) is 9.59 Å². The number of hydrogen-bond donors (Lipinski definition) is 1. The smallest absolute Gasteiger partial charge is 0.252 e. The summed E-state index contributed by atoms with van der Waals surface area (Å²) in [6, 6.07) is 7.32. The van der Waals surface area contributed by atoms with E-state index in [4.69, 9.17) is 0 Å². The molecule has 1 atom stereocenters. The Morgan fingerprint density at radius 2 is 1.95 bits per heavy atom. The van der Waals surface area contributed by atoms with Crippen LogP contribution in [-0.4, -0.2) is 54.8 Å². The van der Waals surface area contributed by atoms with Crippen LogP contribution in [0.3, 0.4) is 0 Å². The van der Waals surface area contributed by atoms with Gasteiger partial charge in [0.05, 0.1) is 12.5 Å². The summed E-state index contributed by atoms with van der Waals surface area (Å²) in [5.41, 5.74) is 1.64. The van der Waals surface area contributed by atoms with Gasteiger partial charge in [-0.2, -0.15) is 0 Å². The number of benzene rings is 1. The Bertz CT molecular complexity index is 536. The van der Waals surface area contributed by atoms with Crippen LogP contribution in [0.15, 0.2) is 24.3 Å². The molecule has 0 saturated carbocycles. The maximum absolute atomic E-state index is 12.3. The largest absolute Gasteiger partial charge is 0.345 e. The number of carbonyl (C=O) groups is 2. The van der Waals surface area contributed by atoms with Gasteiger partial charge >= 0.3 is 0 Å². The average molecular weight is 273 g/mol. The van der Waals surface area contributed by atoms with Gasteiger partial charge in [-0.25, -0.2) is 0 Å². The molecule has 1 aromatic rings. The highest BCUT2D eigenvalue weighted by atomic mass is 16.2. The Labute approximate surface area is 118 Å². The Kier molecular flexibility index (Phi) is 3.44. The first-order chi connectivity index (χ1) is 9.65. The molecule has 0 aliphatic carbocycles. The zero-order valence-electron chi connectivity index (χ0n) is 11.6. The van der Waals surface area contributed by atoms with Crippen LogP contribution in [0.2, 0.25) is 0 Å². The zero-order valence-corrected chi connectivity index (χ0v) is 11.6. The van der Waals surface area contributed by atoms with E-state index >= 15 is 0 Å². The van der Waals surface area contributed by atoms with Gasteiger partial charge in [-0.05, 0) is 18.7 Å². The van der Waals surface area contributed by atoms with Crippen molar-refractivity contribution >= 4 is 11.8 Å². The molecule has 0 aromatic heterocycles. The molecule has 1 saturated heterocycles. The predicted octanol–water partition coefficient (Wildman–Crippen LogP) is 0.635. The highest BCUT2D eigenvalue weighted by Gasteiger charge is 2.31. The maximum Gasteiger partial charge on any atom is 0.252 e. The lowest BCUT2D eigenvalue weighted by Crippen LogP contribution is -2.47. The van der Waals surface area contributed by atoms with Gasteiger partial charge in [0.1, 0.15) is 0 Å². The molecule has 2 heterocycles. The third-order valence-corrected chi connectivity index (χ3v) is 4.12. The van der Waals surface area contributed by atoms with Gasteiger partial charge in [-0.1, -0.05) is 18.2 Å². The van der Waals surface area contributed by atoms with Crippen molar-refractivity contribution < 1.29 is 9.59 Å². The predicted molar refractivity (Wildman–Crippen MR) is 75.3 cm³/mol. The van der Waals surface area contributed by atoms with Crippen LogP contribution in [0.25, 0.3) is 0 Å². The summed E-state index contributed by atoms with van der Waals surface area (Å²) in [6.45, 7) is 3.38. The summed E-state index contributed by atoms with van der Waals surface area (Å²) in [4.78, 5) is 28.3. The molecule has 3 rings (SSSR count). The summed E-state index contributed by atoms with van der Waals surface area (Å²) in [6.07, 6.45) is 0.354. The summed E-state index contributed by atoms with van der Waals surface area (Å²) in [5.74, 6) is 0.0527. The standard InChI is InChI=1S/C15H19N3O2/c1-17-6-8-18(9-7-17)14(19)10-13-11-4-2-3-5-12(11)15(20)16-13/h2-5,13H,6-10H2,1H3,(H,16,20). The monoisotopic (exact) mass is 273 g/mol. The van der Waals surface area contributed by atoms with Crippen molar-refractivity contribution in [3.63, 3.8) is 0 Å². The number of piperazine rings is 1. The lowest BCUT2D eigenvalue weighted by Gasteiger charge is -2.33. The number of nitrogens with zero attached hydrogens (tertiary/aromatic N) is 2. The van der Waals surface area contributed by atoms with E-state index in [0.717, 1.165) is 31.7 Å². The van der Waals surface area contributed by atoms with Crippen LogP contribution in [0, 0.1) is 0 Å². The van der Waals surface area contributed by atoms with E-state index in [2.05, 4.69) is 17.3 Å². The summed E-state index contributed by atoms with van der Waals surface area (Å²) in [7, 11) is 2.06. The molecule has 2 aliphatic heterocycles. The second-order valence-electron chi connectivity index (χ2n) is 5.50. The van der Waals surface area contributed by atoms with Crippen molar-refractivity contribution in [3.05, 3.63) is 35.4 Å². The van der Waals surface area contributed by atoms with Crippen LogP contribution in [-0.2, 0) is 4.79 Å². The van der Waals surface area contributed by atoms with Crippen molar-refractivity contribution in [2.75, 3.05) is 33.2 Å². The van der Waals surface area contributed by atoms with E-state index in [1.165, 1.54) is 0 Å². The molecule has 1 N–H and O–H groups in total. The second-order valence-corrected chi connectivity index (χ2v) is 5.50. The van der Waals surface area contributed by atoms with Gasteiger partial charge in [-0.3, -0.25) is 9.59 Å². The molecule has 1 aromatic carbocycles. The number of nitrogens with one attached hydrogen (secondary N) is 1. The lowest BCUT2D eigenvalue weighted by atomic mass is 10.0. The third-order valence-electron chi connectivity index (χ3n) is 4.12. The molecular formula is C15H19N3O2. The van der Waals surface area contributed by atoms with Crippen LogP contribution < -0.4 is 5.32 Å². The topological polar surface area (TPSA) is 52.6 Å². The molecule has 0 spiro atoms. The molecule has 106 valence electrons. The normalized spacial score (nSPS) is 22.6. The summed E-state index contributed by atoms with van der Waals surface area (Å²) in [5, 5.41) is 2.90. The SMILES string of the molecule is CN1CCN(C(=O)CC2NC(=O)c3ccccc32)CC1. The van der Waals surface area contributed by atoms with Crippen LogP contribution >= 0.6 is 0 Å². The fourth-order valence-corrected chi connectivity index (χ4v) is 2.84. The van der Waals surface area contributed by atoms with Crippen molar-refractivity contribution in [2.45, 2.75) is 12.5 Å². The minimum Gasteiger partial charge on any atom is -0.345 e. The van der Waals surface area contributed by atoms with Crippen LogP contribution in [0.4, 0.5) is 0 Å². The van der Waals surface area contributed by atoms with Gasteiger partial charge in [0.2, 0.25) is 5.91 Å². The number of carbonyl (C=O) groups excluding carboxylic acids is 2. The van der Waals surface area contributed by atoms with Gasteiger partial charge in [0.15, 0.2) is 0 Å².